The van der Waals surface area contributed by atoms with Crippen molar-refractivity contribution in [3.8, 4) is 0 Å². The van der Waals surface area contributed by atoms with Gasteiger partial charge in [-0.1, -0.05) is 91.7 Å². The Balaban J connectivity index is 2.10. The van der Waals surface area contributed by atoms with Crippen LogP contribution >= 0.6 is 7.14 Å². The first-order valence-electron chi connectivity index (χ1n) is 9.68. The van der Waals surface area contributed by atoms with E-state index in [0.717, 1.165) is 5.56 Å². The van der Waals surface area contributed by atoms with Gasteiger partial charge in [-0.2, -0.15) is 0 Å². The lowest BCUT2D eigenvalue weighted by atomic mass is 10.2. The van der Waals surface area contributed by atoms with Crippen molar-refractivity contribution in [1.82, 2.24) is 4.72 Å². The fourth-order valence-corrected chi connectivity index (χ4v) is 8.35. The first-order chi connectivity index (χ1) is 13.9. The summed E-state index contributed by atoms with van der Waals surface area (Å²) in [5, 5.41) is 1.30. The lowest BCUT2D eigenvalue weighted by Crippen LogP contribution is -2.40. The normalized spacial score (nSPS) is 13.2. The average molecular weight is 428 g/mol. The van der Waals surface area contributed by atoms with E-state index in [9.17, 15) is 13.0 Å². The number of rotatable bonds is 8. The molecule has 0 aliphatic heterocycles. The minimum atomic E-state index is -3.82. The number of nitrogens with one attached hydrogen (secondary N) is 1. The number of hydrogen-bond acceptors (Lipinski definition) is 3. The van der Waals surface area contributed by atoms with Gasteiger partial charge in [0.25, 0.3) is 0 Å². The Bertz CT molecular complexity index is 1040. The average Bonchev–Trinajstić information content (AvgIpc) is 2.74. The van der Waals surface area contributed by atoms with Crippen molar-refractivity contribution in [3.63, 3.8) is 0 Å². The van der Waals surface area contributed by atoms with Crippen LogP contribution in [0.15, 0.2) is 89.8 Å². The molecule has 3 aromatic rings. The van der Waals surface area contributed by atoms with Crippen molar-refractivity contribution in [2.24, 2.45) is 0 Å². The van der Waals surface area contributed by atoms with E-state index in [1.54, 1.807) is 24.3 Å². The number of hydrogen-bond donors (Lipinski definition) is 1. The summed E-state index contributed by atoms with van der Waals surface area (Å²) in [5.74, 6) is -0.733. The molecule has 152 valence electrons. The van der Waals surface area contributed by atoms with E-state index in [-0.39, 0.29) is 4.90 Å². The highest BCUT2D eigenvalue weighted by molar-refractivity contribution is 7.90. The molecule has 4 nitrogen and oxygen atoms in total. The molecule has 0 amide bonds. The molecule has 1 N–H and O–H groups in total. The first kappa shape index (κ1) is 21.5. The highest BCUT2D eigenvalue weighted by atomic mass is 32.2. The lowest BCUT2D eigenvalue weighted by Gasteiger charge is -2.29. The van der Waals surface area contributed by atoms with Gasteiger partial charge in [0.05, 0.1) is 10.7 Å². The Morgan fingerprint density at radius 2 is 1.31 bits per heavy atom. The maximum atomic E-state index is 14.5. The topological polar surface area (TPSA) is 63.2 Å². The second-order valence-corrected chi connectivity index (χ2v) is 11.8. The van der Waals surface area contributed by atoms with Gasteiger partial charge < -0.3 is 4.57 Å². The van der Waals surface area contributed by atoms with Crippen LogP contribution in [0.4, 0.5) is 0 Å². The molecule has 0 radical (unpaired) electrons. The van der Waals surface area contributed by atoms with Gasteiger partial charge in [0, 0.05) is 10.6 Å². The molecule has 6 heteroatoms. The van der Waals surface area contributed by atoms with E-state index >= 15 is 0 Å². The monoisotopic (exact) mass is 427 g/mol. The number of benzene rings is 3. The summed E-state index contributed by atoms with van der Waals surface area (Å²) in [5.41, 5.74) is 0.980. The van der Waals surface area contributed by atoms with Gasteiger partial charge in [0.1, 0.15) is 0 Å². The number of sulfonamides is 1. The third-order valence-corrected chi connectivity index (χ3v) is 9.96. The summed E-state index contributed by atoms with van der Waals surface area (Å²) in [4.78, 5) is 0.178. The molecule has 0 heterocycles. The van der Waals surface area contributed by atoms with Crippen LogP contribution in [-0.2, 0) is 14.6 Å². The fourth-order valence-electron chi connectivity index (χ4n) is 3.36. The predicted octanol–water partition coefficient (Wildman–Crippen LogP) is 4.41. The molecule has 0 aliphatic rings. The zero-order valence-electron chi connectivity index (χ0n) is 16.7. The van der Waals surface area contributed by atoms with Crippen LogP contribution in [0.1, 0.15) is 25.3 Å². The minimum Gasteiger partial charge on any atom is -0.312 e. The first-order valence-corrected chi connectivity index (χ1v) is 12.9. The smallest absolute Gasteiger partial charge is 0.241 e. The highest BCUT2D eigenvalue weighted by Gasteiger charge is 2.38. The van der Waals surface area contributed by atoms with Gasteiger partial charge in [-0.3, -0.25) is 0 Å². The van der Waals surface area contributed by atoms with E-state index in [4.69, 9.17) is 0 Å². The maximum absolute atomic E-state index is 14.5. The Morgan fingerprint density at radius 3 is 1.76 bits per heavy atom. The minimum absolute atomic E-state index is 0.178. The van der Waals surface area contributed by atoms with Crippen LogP contribution in [0, 0.1) is 6.92 Å². The molecular weight excluding hydrogens is 401 g/mol. The molecule has 0 saturated heterocycles. The van der Waals surface area contributed by atoms with Gasteiger partial charge >= 0.3 is 0 Å². The Labute approximate surface area is 173 Å². The van der Waals surface area contributed by atoms with Crippen LogP contribution in [0.3, 0.4) is 0 Å². The molecule has 0 saturated carbocycles. The van der Waals surface area contributed by atoms with Crippen molar-refractivity contribution in [2.75, 3.05) is 0 Å². The van der Waals surface area contributed by atoms with E-state index in [0.29, 0.717) is 23.5 Å². The zero-order chi connectivity index (χ0) is 20.9. The molecule has 0 aliphatic carbocycles. The van der Waals surface area contributed by atoms with Crippen molar-refractivity contribution in [2.45, 2.75) is 37.4 Å². The molecule has 0 spiro atoms. The summed E-state index contributed by atoms with van der Waals surface area (Å²) in [7, 11) is -7.09. The third kappa shape index (κ3) is 4.69. The van der Waals surface area contributed by atoms with Gasteiger partial charge in [0.2, 0.25) is 10.0 Å². The molecule has 1 atom stereocenters. The summed E-state index contributed by atoms with van der Waals surface area (Å²) in [6.07, 6.45) is 1.16. The van der Waals surface area contributed by atoms with Crippen molar-refractivity contribution in [1.29, 1.82) is 0 Å². The third-order valence-electron chi connectivity index (χ3n) is 4.90. The van der Waals surface area contributed by atoms with Crippen LogP contribution in [0.25, 0.3) is 0 Å². The van der Waals surface area contributed by atoms with Gasteiger partial charge in [0.15, 0.2) is 7.14 Å². The van der Waals surface area contributed by atoms with E-state index in [1.165, 1.54) is 0 Å². The second kappa shape index (κ2) is 9.08. The summed E-state index contributed by atoms with van der Waals surface area (Å²) < 4.78 is 43.5. The molecule has 3 rings (SSSR count). The molecule has 0 fully saturated rings. The second-order valence-electron chi connectivity index (χ2n) is 7.07. The van der Waals surface area contributed by atoms with Gasteiger partial charge in [-0.15, -0.1) is 0 Å². The fraction of sp³-hybridized carbons (Fsp3) is 0.217. The Hall–Kier alpha value is -2.20. The van der Waals surface area contributed by atoms with Crippen molar-refractivity contribution < 1.29 is 13.0 Å². The summed E-state index contributed by atoms with van der Waals surface area (Å²) >= 11 is 0. The molecule has 0 bridgehead atoms. The SMILES string of the molecule is CCCC(NS(=O)(=O)c1ccc(C)cc1)P(=O)(c1ccccc1)c1ccccc1. The van der Waals surface area contributed by atoms with Crippen molar-refractivity contribution in [3.05, 3.63) is 90.5 Å². The largest absolute Gasteiger partial charge is 0.312 e. The lowest BCUT2D eigenvalue weighted by molar-refractivity contribution is 0.547. The maximum Gasteiger partial charge on any atom is 0.241 e. The zero-order valence-corrected chi connectivity index (χ0v) is 18.4. The Kier molecular flexibility index (Phi) is 6.74. The quantitative estimate of drug-likeness (QED) is 0.542. The standard InChI is InChI=1S/C23H26NO3PS/c1-3-10-23(24-29(26,27)22-17-15-19(2)16-18-22)28(25,20-11-6-4-7-12-20)21-13-8-5-9-14-21/h4-9,11-18,23-24H,3,10H2,1-2H3. The summed E-state index contributed by atoms with van der Waals surface area (Å²) in [6, 6.07) is 25.0. The van der Waals surface area contributed by atoms with Crippen LogP contribution in [0.2, 0.25) is 0 Å². The molecule has 3 aromatic carbocycles. The van der Waals surface area contributed by atoms with E-state index < -0.39 is 22.9 Å². The highest BCUT2D eigenvalue weighted by Crippen LogP contribution is 2.49. The predicted molar refractivity (Wildman–Crippen MR) is 120 cm³/mol. The molecule has 0 aromatic heterocycles. The van der Waals surface area contributed by atoms with E-state index in [2.05, 4.69) is 4.72 Å². The van der Waals surface area contributed by atoms with Gasteiger partial charge in [-0.25, -0.2) is 13.1 Å². The molecule has 1 unspecified atom stereocenters. The van der Waals surface area contributed by atoms with Crippen LogP contribution in [0.5, 0.6) is 0 Å². The van der Waals surface area contributed by atoms with Crippen LogP contribution in [-0.4, -0.2) is 14.2 Å². The summed E-state index contributed by atoms with van der Waals surface area (Å²) in [6.45, 7) is 3.87. The molecular formula is C23H26NO3PS. The van der Waals surface area contributed by atoms with Gasteiger partial charge in [-0.05, 0) is 25.5 Å². The van der Waals surface area contributed by atoms with E-state index in [1.807, 2.05) is 74.5 Å². The van der Waals surface area contributed by atoms with Crippen LogP contribution < -0.4 is 15.3 Å². The number of aryl methyl sites for hydroxylation is 1. The molecule has 29 heavy (non-hydrogen) atoms. The Morgan fingerprint density at radius 1 is 0.828 bits per heavy atom. The van der Waals surface area contributed by atoms with Crippen molar-refractivity contribution >= 4 is 27.8 Å².